The van der Waals surface area contributed by atoms with Gasteiger partial charge in [0.15, 0.2) is 0 Å². The van der Waals surface area contributed by atoms with Crippen molar-refractivity contribution >= 4 is 23.3 Å². The number of alkyl carbamates (subject to hydrolysis) is 1. The van der Waals surface area contributed by atoms with Crippen molar-refractivity contribution in [2.24, 2.45) is 0 Å². The molecule has 3 atom stereocenters. The summed E-state index contributed by atoms with van der Waals surface area (Å²) >= 11 is 1.57. The monoisotopic (exact) mass is 402 g/mol. The van der Waals surface area contributed by atoms with Crippen LogP contribution in [-0.4, -0.2) is 34.9 Å². The van der Waals surface area contributed by atoms with Gasteiger partial charge in [-0.25, -0.2) is 4.79 Å². The van der Waals surface area contributed by atoms with Crippen LogP contribution >= 0.6 is 11.3 Å². The molecule has 2 aromatic rings. The molecule has 3 N–H and O–H groups in total. The Balaban J connectivity index is 1.73. The van der Waals surface area contributed by atoms with Gasteiger partial charge in [-0.3, -0.25) is 4.79 Å². The van der Waals surface area contributed by atoms with Gasteiger partial charge in [0.1, 0.15) is 11.6 Å². The van der Waals surface area contributed by atoms with Gasteiger partial charge in [-0.1, -0.05) is 30.3 Å². The maximum Gasteiger partial charge on any atom is 0.408 e. The molecule has 0 spiro atoms. The fourth-order valence-corrected chi connectivity index (χ4v) is 4.22. The summed E-state index contributed by atoms with van der Waals surface area (Å²) in [6.07, 6.45) is -0.455. The summed E-state index contributed by atoms with van der Waals surface area (Å²) in [7, 11) is 0. The first-order valence-corrected chi connectivity index (χ1v) is 10.2. The van der Waals surface area contributed by atoms with Crippen LogP contribution in [-0.2, 0) is 22.4 Å². The highest BCUT2D eigenvalue weighted by atomic mass is 32.1. The lowest BCUT2D eigenvalue weighted by Crippen LogP contribution is -2.50. The Morgan fingerprint density at radius 2 is 1.96 bits per heavy atom. The van der Waals surface area contributed by atoms with E-state index in [1.165, 1.54) is 0 Å². The minimum atomic E-state index is -0.813. The van der Waals surface area contributed by atoms with E-state index in [1.807, 2.05) is 41.8 Å². The van der Waals surface area contributed by atoms with Crippen molar-refractivity contribution in [1.29, 1.82) is 0 Å². The molecule has 0 saturated carbocycles. The van der Waals surface area contributed by atoms with Crippen LogP contribution in [0.25, 0.3) is 0 Å². The highest BCUT2D eigenvalue weighted by molar-refractivity contribution is 7.10. The van der Waals surface area contributed by atoms with Gasteiger partial charge in [0.25, 0.3) is 0 Å². The average molecular weight is 403 g/mol. The Hall–Kier alpha value is -2.38. The van der Waals surface area contributed by atoms with E-state index in [-0.39, 0.29) is 5.91 Å². The number of hydrogen-bond acceptors (Lipinski definition) is 5. The lowest BCUT2D eigenvalue weighted by molar-refractivity contribution is -0.124. The molecule has 0 bridgehead atoms. The maximum absolute atomic E-state index is 13.0. The van der Waals surface area contributed by atoms with Crippen LogP contribution in [0.1, 0.15) is 42.8 Å². The number of carbonyl (C=O) groups excluding carboxylic acids is 2. The van der Waals surface area contributed by atoms with Crippen LogP contribution in [0, 0.1) is 0 Å². The Morgan fingerprint density at radius 3 is 2.64 bits per heavy atom. The van der Waals surface area contributed by atoms with Gasteiger partial charge in [0, 0.05) is 17.7 Å². The van der Waals surface area contributed by atoms with Crippen LogP contribution in [0.5, 0.6) is 0 Å². The fourth-order valence-electron chi connectivity index (χ4n) is 3.25. The van der Waals surface area contributed by atoms with E-state index in [0.717, 1.165) is 16.0 Å². The molecule has 6 nitrogen and oxygen atoms in total. The van der Waals surface area contributed by atoms with Crippen LogP contribution in [0.15, 0.2) is 41.8 Å². The Morgan fingerprint density at radius 1 is 1.25 bits per heavy atom. The minimum Gasteiger partial charge on any atom is -0.444 e. The predicted molar refractivity (Wildman–Crippen MR) is 108 cm³/mol. The largest absolute Gasteiger partial charge is 0.444 e. The number of aliphatic hydroxyl groups is 1. The van der Waals surface area contributed by atoms with Gasteiger partial charge in [-0.15, -0.1) is 11.3 Å². The first-order valence-electron chi connectivity index (χ1n) is 9.31. The van der Waals surface area contributed by atoms with Crippen molar-refractivity contribution in [2.75, 3.05) is 0 Å². The predicted octanol–water partition coefficient (Wildman–Crippen LogP) is 2.96. The van der Waals surface area contributed by atoms with Crippen LogP contribution < -0.4 is 10.6 Å². The van der Waals surface area contributed by atoms with Crippen molar-refractivity contribution in [3.63, 3.8) is 0 Å². The quantitative estimate of drug-likeness (QED) is 0.718. The van der Waals surface area contributed by atoms with Crippen LogP contribution in [0.4, 0.5) is 4.79 Å². The number of fused-ring (bicyclic) bond motifs is 1. The van der Waals surface area contributed by atoms with Crippen LogP contribution in [0.2, 0.25) is 0 Å². The highest BCUT2D eigenvalue weighted by Gasteiger charge is 2.35. The number of amides is 2. The number of nitrogens with one attached hydrogen (secondary N) is 2. The third-order valence-electron chi connectivity index (χ3n) is 4.48. The Bertz CT molecular complexity index is 828. The standard InChI is InChI=1S/C21H26N2O4S/c1-21(2,3)27-20(26)22-15(11-13-7-5-4-6-8-13)19(25)23-18-14-9-10-28-17(14)12-16(18)24/h4-10,15-16,18,24H,11-12H2,1-3H3,(H,22,26)(H,23,25)/t15-,16?,18?/m0/s1. The SMILES string of the molecule is CC(C)(C)OC(=O)N[C@@H](Cc1ccccc1)C(=O)NC1c2ccsc2CC1O. The van der Waals surface area contributed by atoms with E-state index in [0.29, 0.717) is 12.8 Å². The summed E-state index contributed by atoms with van der Waals surface area (Å²) < 4.78 is 5.31. The smallest absolute Gasteiger partial charge is 0.408 e. The van der Waals surface area contributed by atoms with E-state index in [1.54, 1.807) is 32.1 Å². The Labute approximate surface area is 168 Å². The number of thiophene rings is 1. The topological polar surface area (TPSA) is 87.7 Å². The molecule has 1 aliphatic rings. The van der Waals surface area contributed by atoms with Crippen molar-refractivity contribution in [1.82, 2.24) is 10.6 Å². The number of carbonyl (C=O) groups is 2. The van der Waals surface area contributed by atoms with E-state index < -0.39 is 29.9 Å². The molecule has 0 saturated heterocycles. The third kappa shape index (κ3) is 5.11. The summed E-state index contributed by atoms with van der Waals surface area (Å²) in [6.45, 7) is 5.31. The fraction of sp³-hybridized carbons (Fsp3) is 0.429. The minimum absolute atomic E-state index is 0.325. The van der Waals surface area contributed by atoms with Gasteiger partial charge < -0.3 is 20.5 Å². The highest BCUT2D eigenvalue weighted by Crippen LogP contribution is 2.35. The summed E-state index contributed by atoms with van der Waals surface area (Å²) in [5.74, 6) is -0.349. The molecule has 3 rings (SSSR count). The van der Waals surface area contributed by atoms with Crippen LogP contribution in [0.3, 0.4) is 0 Å². The van der Waals surface area contributed by atoms with E-state index in [4.69, 9.17) is 4.74 Å². The van der Waals surface area contributed by atoms with Crippen molar-refractivity contribution in [3.05, 3.63) is 57.8 Å². The number of ether oxygens (including phenoxy) is 1. The molecule has 1 aromatic heterocycles. The molecule has 150 valence electrons. The summed E-state index contributed by atoms with van der Waals surface area (Å²) in [5.41, 5.74) is 1.20. The molecule has 0 aliphatic heterocycles. The molecular weight excluding hydrogens is 376 g/mol. The third-order valence-corrected chi connectivity index (χ3v) is 5.44. The molecule has 1 aliphatic carbocycles. The number of aliphatic hydroxyl groups excluding tert-OH is 1. The molecule has 28 heavy (non-hydrogen) atoms. The lowest BCUT2D eigenvalue weighted by Gasteiger charge is -2.25. The molecule has 1 aromatic carbocycles. The molecule has 1 heterocycles. The van der Waals surface area contributed by atoms with Gasteiger partial charge in [0.05, 0.1) is 12.1 Å². The maximum atomic E-state index is 13.0. The second-order valence-electron chi connectivity index (χ2n) is 7.95. The van der Waals surface area contributed by atoms with Gasteiger partial charge in [-0.2, -0.15) is 0 Å². The molecule has 7 heteroatoms. The molecule has 0 fully saturated rings. The lowest BCUT2D eigenvalue weighted by atomic mass is 10.0. The second kappa shape index (κ2) is 8.32. The molecular formula is C21H26N2O4S. The van der Waals surface area contributed by atoms with Crippen molar-refractivity contribution < 1.29 is 19.4 Å². The normalized spacial score (nSPS) is 19.6. The van der Waals surface area contributed by atoms with Crippen molar-refractivity contribution in [3.8, 4) is 0 Å². The Kier molecular flexibility index (Phi) is 6.05. The summed E-state index contributed by atoms with van der Waals surface area (Å²) in [5, 5.41) is 17.9. The molecule has 2 amide bonds. The van der Waals surface area contributed by atoms with E-state index in [9.17, 15) is 14.7 Å². The van der Waals surface area contributed by atoms with Gasteiger partial charge in [-0.05, 0) is 43.3 Å². The summed E-state index contributed by atoms with van der Waals surface area (Å²) in [4.78, 5) is 26.3. The van der Waals surface area contributed by atoms with Gasteiger partial charge in [0.2, 0.25) is 5.91 Å². The summed E-state index contributed by atoms with van der Waals surface area (Å²) in [6, 6.07) is 10.1. The molecule has 2 unspecified atom stereocenters. The number of benzene rings is 1. The molecule has 0 radical (unpaired) electrons. The number of hydrogen-bond donors (Lipinski definition) is 3. The first kappa shape index (κ1) is 20.4. The zero-order valence-corrected chi connectivity index (χ0v) is 17.1. The average Bonchev–Trinajstić information content (AvgIpc) is 3.16. The zero-order chi connectivity index (χ0) is 20.3. The van der Waals surface area contributed by atoms with Gasteiger partial charge >= 0.3 is 6.09 Å². The zero-order valence-electron chi connectivity index (χ0n) is 16.3. The van der Waals surface area contributed by atoms with E-state index in [2.05, 4.69) is 10.6 Å². The van der Waals surface area contributed by atoms with E-state index >= 15 is 0 Å². The van der Waals surface area contributed by atoms with Crippen molar-refractivity contribution in [2.45, 2.75) is 57.4 Å². The number of rotatable bonds is 5. The second-order valence-corrected chi connectivity index (χ2v) is 8.95. The first-order chi connectivity index (χ1) is 13.2.